The molecule has 1 aromatic heterocycles. The molecule has 0 saturated carbocycles. The number of anilines is 1. The molecule has 2 N–H and O–H groups in total. The van der Waals surface area contributed by atoms with Crippen molar-refractivity contribution in [2.75, 3.05) is 5.73 Å². The third kappa shape index (κ3) is 3.49. The molecule has 2 rings (SSSR count). The summed E-state index contributed by atoms with van der Waals surface area (Å²) in [6, 6.07) is 10.5. The van der Waals surface area contributed by atoms with Gasteiger partial charge in [0.15, 0.2) is 0 Å². The number of nitrogen functional groups attached to an aromatic ring is 1. The van der Waals surface area contributed by atoms with Crippen LogP contribution in [0.15, 0.2) is 36.4 Å². The van der Waals surface area contributed by atoms with Gasteiger partial charge in [0.2, 0.25) is 0 Å². The summed E-state index contributed by atoms with van der Waals surface area (Å²) in [5, 5.41) is 3.68. The summed E-state index contributed by atoms with van der Waals surface area (Å²) < 4.78 is 39.0. The first-order valence-corrected chi connectivity index (χ1v) is 5.91. The first kappa shape index (κ1) is 13.5. The molecule has 1 heterocycles. The Bertz CT molecular complexity index is 532. The predicted octanol–water partition coefficient (Wildman–Crippen LogP) is 3.12. The molecule has 0 saturated heterocycles. The lowest BCUT2D eigenvalue weighted by Gasteiger charge is -2.09. The number of nitrogens with zero attached hydrogens (tertiary/aromatic N) is 2. The average Bonchev–Trinajstić information content (AvgIpc) is 2.72. The Morgan fingerprint density at radius 3 is 2.47 bits per heavy atom. The summed E-state index contributed by atoms with van der Waals surface area (Å²) in [6.45, 7) is 0.195. The van der Waals surface area contributed by atoms with Crippen LogP contribution >= 0.6 is 0 Å². The Morgan fingerprint density at radius 2 is 1.84 bits per heavy atom. The van der Waals surface area contributed by atoms with Gasteiger partial charge >= 0.3 is 6.18 Å². The highest BCUT2D eigenvalue weighted by Crippen LogP contribution is 2.30. The maximum absolute atomic E-state index is 12.7. The van der Waals surface area contributed by atoms with Crippen molar-refractivity contribution in [3.8, 4) is 0 Å². The van der Waals surface area contributed by atoms with Gasteiger partial charge in [-0.2, -0.15) is 18.3 Å². The molecule has 19 heavy (non-hydrogen) atoms. The maximum atomic E-state index is 12.7. The van der Waals surface area contributed by atoms with Crippen LogP contribution in [0.5, 0.6) is 0 Å². The van der Waals surface area contributed by atoms with E-state index in [4.69, 9.17) is 5.73 Å². The van der Waals surface area contributed by atoms with E-state index in [-0.39, 0.29) is 12.4 Å². The van der Waals surface area contributed by atoms with E-state index in [2.05, 4.69) is 5.10 Å². The first-order valence-electron chi connectivity index (χ1n) is 5.91. The number of hydrogen-bond donors (Lipinski definition) is 1. The Hall–Kier alpha value is -1.98. The molecule has 3 nitrogen and oxygen atoms in total. The van der Waals surface area contributed by atoms with E-state index < -0.39 is 11.9 Å². The zero-order chi connectivity index (χ0) is 13.9. The van der Waals surface area contributed by atoms with Crippen LogP contribution in [-0.4, -0.2) is 9.78 Å². The third-order valence-corrected chi connectivity index (χ3v) is 2.77. The van der Waals surface area contributed by atoms with Crippen LogP contribution < -0.4 is 5.73 Å². The molecule has 0 fully saturated rings. The molecule has 102 valence electrons. The monoisotopic (exact) mass is 269 g/mol. The molecule has 0 atom stereocenters. The van der Waals surface area contributed by atoms with E-state index in [1.54, 1.807) is 0 Å². The second kappa shape index (κ2) is 5.34. The Labute approximate surface area is 108 Å². The van der Waals surface area contributed by atoms with Crippen molar-refractivity contribution in [1.29, 1.82) is 0 Å². The van der Waals surface area contributed by atoms with Crippen molar-refractivity contribution >= 4 is 5.82 Å². The van der Waals surface area contributed by atoms with Gasteiger partial charge in [-0.1, -0.05) is 30.3 Å². The third-order valence-electron chi connectivity index (χ3n) is 2.77. The fourth-order valence-electron chi connectivity index (χ4n) is 1.91. The van der Waals surface area contributed by atoms with E-state index in [0.717, 1.165) is 16.3 Å². The molecule has 0 aliphatic rings. The predicted molar refractivity (Wildman–Crippen MR) is 66.4 cm³/mol. The molecular formula is C13H14F3N3. The fourth-order valence-corrected chi connectivity index (χ4v) is 1.91. The minimum Gasteiger partial charge on any atom is -0.382 e. The number of aryl methyl sites for hydroxylation is 2. The lowest BCUT2D eigenvalue weighted by Crippen LogP contribution is -2.15. The fraction of sp³-hybridized carbons (Fsp3) is 0.308. The van der Waals surface area contributed by atoms with Gasteiger partial charge in [0.1, 0.15) is 11.5 Å². The summed E-state index contributed by atoms with van der Waals surface area (Å²) in [4.78, 5) is 0. The lowest BCUT2D eigenvalue weighted by molar-refractivity contribution is -0.144. The largest absolute Gasteiger partial charge is 0.433 e. The molecule has 2 aromatic rings. The number of rotatable bonds is 4. The van der Waals surface area contributed by atoms with Gasteiger partial charge in [0.05, 0.1) is 0 Å². The summed E-state index contributed by atoms with van der Waals surface area (Å²) in [5.74, 6) is -0.105. The summed E-state index contributed by atoms with van der Waals surface area (Å²) >= 11 is 0. The van der Waals surface area contributed by atoms with Crippen molar-refractivity contribution in [2.45, 2.75) is 25.6 Å². The number of aromatic nitrogens is 2. The van der Waals surface area contributed by atoms with Crippen LogP contribution in [0, 0.1) is 0 Å². The number of benzene rings is 1. The highest BCUT2D eigenvalue weighted by Gasteiger charge is 2.35. The van der Waals surface area contributed by atoms with Crippen LogP contribution in [0.1, 0.15) is 17.7 Å². The smallest absolute Gasteiger partial charge is 0.382 e. The topological polar surface area (TPSA) is 43.8 Å². The van der Waals surface area contributed by atoms with Crippen molar-refractivity contribution in [3.05, 3.63) is 47.7 Å². The SMILES string of the molecule is Nc1cc(C(F)(F)F)n(CCCc2ccccc2)n1. The summed E-state index contributed by atoms with van der Waals surface area (Å²) in [7, 11) is 0. The minimum absolute atomic E-state index is 0.105. The van der Waals surface area contributed by atoms with E-state index in [0.29, 0.717) is 12.8 Å². The summed E-state index contributed by atoms with van der Waals surface area (Å²) in [5.41, 5.74) is 5.63. The van der Waals surface area contributed by atoms with Gasteiger partial charge in [0, 0.05) is 12.6 Å². The number of hydrogen-bond acceptors (Lipinski definition) is 2. The zero-order valence-corrected chi connectivity index (χ0v) is 10.2. The maximum Gasteiger partial charge on any atom is 0.433 e. The van der Waals surface area contributed by atoms with Crippen molar-refractivity contribution < 1.29 is 13.2 Å². The Kier molecular flexibility index (Phi) is 3.78. The highest BCUT2D eigenvalue weighted by atomic mass is 19.4. The molecule has 0 bridgehead atoms. The normalized spacial score (nSPS) is 11.7. The summed E-state index contributed by atoms with van der Waals surface area (Å²) in [6.07, 6.45) is -3.14. The van der Waals surface area contributed by atoms with Gasteiger partial charge in [-0.05, 0) is 18.4 Å². The van der Waals surface area contributed by atoms with Crippen molar-refractivity contribution in [2.24, 2.45) is 0 Å². The standard InChI is InChI=1S/C13H14F3N3/c14-13(15,16)11-9-12(17)18-19(11)8-4-7-10-5-2-1-3-6-10/h1-3,5-6,9H,4,7-8H2,(H2,17,18). The van der Waals surface area contributed by atoms with Crippen LogP contribution in [0.25, 0.3) is 0 Å². The molecule has 0 unspecified atom stereocenters. The van der Waals surface area contributed by atoms with E-state index in [1.807, 2.05) is 30.3 Å². The Balaban J connectivity index is 2.00. The van der Waals surface area contributed by atoms with Gasteiger partial charge in [-0.3, -0.25) is 4.68 Å². The van der Waals surface area contributed by atoms with E-state index in [9.17, 15) is 13.2 Å². The number of alkyl halides is 3. The zero-order valence-electron chi connectivity index (χ0n) is 10.2. The molecular weight excluding hydrogens is 255 g/mol. The minimum atomic E-state index is -4.42. The van der Waals surface area contributed by atoms with Gasteiger partial charge < -0.3 is 5.73 Å². The van der Waals surface area contributed by atoms with Crippen LogP contribution in [0.3, 0.4) is 0 Å². The highest BCUT2D eigenvalue weighted by molar-refractivity contribution is 5.30. The average molecular weight is 269 g/mol. The lowest BCUT2D eigenvalue weighted by atomic mass is 10.1. The molecule has 0 aliphatic heterocycles. The van der Waals surface area contributed by atoms with Crippen molar-refractivity contribution in [3.63, 3.8) is 0 Å². The quantitative estimate of drug-likeness (QED) is 0.926. The van der Waals surface area contributed by atoms with Crippen LogP contribution in [-0.2, 0) is 19.1 Å². The molecule has 0 aliphatic carbocycles. The van der Waals surface area contributed by atoms with Crippen LogP contribution in [0.2, 0.25) is 0 Å². The molecule has 0 radical (unpaired) electrons. The van der Waals surface area contributed by atoms with Gasteiger partial charge in [-0.15, -0.1) is 0 Å². The van der Waals surface area contributed by atoms with Gasteiger partial charge in [-0.25, -0.2) is 0 Å². The first-order chi connectivity index (χ1) is 8.97. The number of halogens is 3. The second-order valence-corrected chi connectivity index (χ2v) is 4.26. The second-order valence-electron chi connectivity index (χ2n) is 4.26. The molecule has 6 heteroatoms. The molecule has 0 amide bonds. The molecule has 0 spiro atoms. The van der Waals surface area contributed by atoms with Crippen LogP contribution in [0.4, 0.5) is 19.0 Å². The molecule has 1 aromatic carbocycles. The van der Waals surface area contributed by atoms with Gasteiger partial charge in [0.25, 0.3) is 0 Å². The van der Waals surface area contributed by atoms with E-state index in [1.165, 1.54) is 0 Å². The Morgan fingerprint density at radius 1 is 1.16 bits per heavy atom. The van der Waals surface area contributed by atoms with E-state index >= 15 is 0 Å². The van der Waals surface area contributed by atoms with Crippen molar-refractivity contribution in [1.82, 2.24) is 9.78 Å². The number of nitrogens with two attached hydrogens (primary N) is 1.